The van der Waals surface area contributed by atoms with Crippen molar-refractivity contribution in [3.05, 3.63) is 0 Å². The molecule has 1 amide bonds. The maximum atomic E-state index is 11.9. The van der Waals surface area contributed by atoms with Crippen LogP contribution in [-0.4, -0.2) is 53.3 Å². The Labute approximate surface area is 107 Å². The fourth-order valence-electron chi connectivity index (χ4n) is 2.22. The van der Waals surface area contributed by atoms with Gasteiger partial charge in [-0.3, -0.25) is 9.69 Å². The smallest absolute Gasteiger partial charge is 0.222 e. The number of alkyl halides is 1. The van der Waals surface area contributed by atoms with E-state index in [-0.39, 0.29) is 0 Å². The Hall–Kier alpha value is -0.0900. The van der Waals surface area contributed by atoms with Crippen molar-refractivity contribution in [2.24, 2.45) is 0 Å². The minimum atomic E-state index is 0.337. The molecule has 94 valence electrons. The molecule has 1 heterocycles. The summed E-state index contributed by atoms with van der Waals surface area (Å²) in [5.41, 5.74) is 0. The molecule has 3 nitrogen and oxygen atoms in total. The van der Waals surface area contributed by atoms with Gasteiger partial charge in [0.1, 0.15) is 0 Å². The zero-order chi connectivity index (χ0) is 12.0. The zero-order valence-electron chi connectivity index (χ0n) is 10.4. The number of halogens is 1. The fourth-order valence-corrected chi connectivity index (χ4v) is 2.62. The van der Waals surface area contributed by atoms with E-state index in [2.05, 4.69) is 34.7 Å². The van der Waals surface area contributed by atoms with Gasteiger partial charge in [-0.25, -0.2) is 0 Å². The van der Waals surface area contributed by atoms with Crippen molar-refractivity contribution in [2.45, 2.75) is 39.2 Å². The fraction of sp³-hybridized carbons (Fsp3) is 0.917. The first-order valence-electron chi connectivity index (χ1n) is 6.26. The summed E-state index contributed by atoms with van der Waals surface area (Å²) >= 11 is 3.39. The molecule has 0 aromatic heterocycles. The van der Waals surface area contributed by atoms with Crippen molar-refractivity contribution < 1.29 is 4.79 Å². The number of carbonyl (C=O) groups is 1. The van der Waals surface area contributed by atoms with Crippen LogP contribution in [0.3, 0.4) is 0 Å². The zero-order valence-corrected chi connectivity index (χ0v) is 12.0. The lowest BCUT2D eigenvalue weighted by Gasteiger charge is -2.39. The highest BCUT2D eigenvalue weighted by Gasteiger charge is 2.24. The second kappa shape index (κ2) is 7.28. The molecule has 0 saturated carbocycles. The van der Waals surface area contributed by atoms with Crippen LogP contribution in [0.25, 0.3) is 0 Å². The Morgan fingerprint density at radius 2 is 2.12 bits per heavy atom. The van der Waals surface area contributed by atoms with Gasteiger partial charge in [-0.1, -0.05) is 22.9 Å². The molecular weight excluding hydrogens is 268 g/mol. The summed E-state index contributed by atoms with van der Waals surface area (Å²) in [5.74, 6) is 0.337. The second-order valence-electron chi connectivity index (χ2n) is 4.46. The second-order valence-corrected chi connectivity index (χ2v) is 5.26. The van der Waals surface area contributed by atoms with Crippen LogP contribution in [0, 0.1) is 0 Å². The van der Waals surface area contributed by atoms with E-state index in [1.807, 2.05) is 4.90 Å². The van der Waals surface area contributed by atoms with Crippen LogP contribution in [0.2, 0.25) is 0 Å². The Bertz CT molecular complexity index is 223. The summed E-state index contributed by atoms with van der Waals surface area (Å²) in [5, 5.41) is 1.00. The largest absolute Gasteiger partial charge is 0.340 e. The molecule has 0 aliphatic carbocycles. The lowest BCUT2D eigenvalue weighted by atomic mass is 10.1. The van der Waals surface area contributed by atoms with E-state index in [4.69, 9.17) is 0 Å². The van der Waals surface area contributed by atoms with Crippen LogP contribution in [0.4, 0.5) is 0 Å². The summed E-state index contributed by atoms with van der Waals surface area (Å²) in [6.45, 7) is 8.33. The normalized spacial score (nSPS) is 22.4. The van der Waals surface area contributed by atoms with Crippen LogP contribution in [-0.2, 0) is 4.79 Å². The number of rotatable bonds is 5. The van der Waals surface area contributed by atoms with Gasteiger partial charge in [0.25, 0.3) is 0 Å². The van der Waals surface area contributed by atoms with Gasteiger partial charge >= 0.3 is 0 Å². The van der Waals surface area contributed by atoms with Crippen molar-refractivity contribution in [1.82, 2.24) is 9.80 Å². The lowest BCUT2D eigenvalue weighted by molar-refractivity contribution is -0.134. The minimum Gasteiger partial charge on any atom is -0.340 e. The van der Waals surface area contributed by atoms with Gasteiger partial charge in [-0.15, -0.1) is 0 Å². The number of likely N-dealkylation sites (N-methyl/N-ethyl adjacent to an activating group) is 1. The molecule has 16 heavy (non-hydrogen) atoms. The summed E-state index contributed by atoms with van der Waals surface area (Å²) in [6, 6.07) is 0.513. The van der Waals surface area contributed by atoms with Crippen molar-refractivity contribution >= 4 is 21.8 Å². The molecule has 0 aromatic carbocycles. The number of unbranched alkanes of at least 4 members (excludes halogenated alkanes) is 1. The quantitative estimate of drug-likeness (QED) is 0.572. The number of piperazine rings is 1. The Morgan fingerprint density at radius 3 is 2.69 bits per heavy atom. The highest BCUT2D eigenvalue weighted by molar-refractivity contribution is 9.09. The highest BCUT2D eigenvalue weighted by Crippen LogP contribution is 2.11. The Balaban J connectivity index is 2.30. The highest BCUT2D eigenvalue weighted by atomic mass is 79.9. The van der Waals surface area contributed by atoms with E-state index < -0.39 is 0 Å². The minimum absolute atomic E-state index is 0.337. The molecule has 1 fully saturated rings. The van der Waals surface area contributed by atoms with E-state index in [0.717, 1.165) is 44.4 Å². The van der Waals surface area contributed by atoms with E-state index >= 15 is 0 Å². The van der Waals surface area contributed by atoms with Crippen molar-refractivity contribution in [3.63, 3.8) is 0 Å². The van der Waals surface area contributed by atoms with E-state index in [1.54, 1.807) is 0 Å². The van der Waals surface area contributed by atoms with E-state index in [9.17, 15) is 4.79 Å². The summed E-state index contributed by atoms with van der Waals surface area (Å²) in [6.07, 6.45) is 2.81. The number of nitrogens with zero attached hydrogens (tertiary/aromatic N) is 2. The molecule has 4 heteroatoms. The van der Waals surface area contributed by atoms with E-state index in [1.165, 1.54) is 0 Å². The van der Waals surface area contributed by atoms with Crippen LogP contribution < -0.4 is 0 Å². The molecule has 1 unspecified atom stereocenters. The summed E-state index contributed by atoms with van der Waals surface area (Å²) in [4.78, 5) is 16.4. The van der Waals surface area contributed by atoms with Gasteiger partial charge in [0.2, 0.25) is 5.91 Å². The number of hydrogen-bond donors (Lipinski definition) is 0. The molecule has 1 saturated heterocycles. The van der Waals surface area contributed by atoms with Crippen molar-refractivity contribution in [3.8, 4) is 0 Å². The predicted molar refractivity (Wildman–Crippen MR) is 70.9 cm³/mol. The van der Waals surface area contributed by atoms with Gasteiger partial charge in [0.15, 0.2) is 0 Å². The van der Waals surface area contributed by atoms with Crippen LogP contribution in [0.15, 0.2) is 0 Å². The molecule has 0 aromatic rings. The summed E-state index contributed by atoms with van der Waals surface area (Å²) in [7, 11) is 0. The first kappa shape index (κ1) is 14.0. The molecule has 0 radical (unpaired) electrons. The summed E-state index contributed by atoms with van der Waals surface area (Å²) < 4.78 is 0. The number of amides is 1. The molecule has 0 spiro atoms. The standard InChI is InChI=1S/C12H23BrN2O/c1-3-14-8-9-15(10-11(14)2)12(16)6-4-5-7-13/h11H,3-10H2,1-2H3. The third kappa shape index (κ3) is 4.06. The average Bonchev–Trinajstić information content (AvgIpc) is 2.29. The lowest BCUT2D eigenvalue weighted by Crippen LogP contribution is -2.53. The SMILES string of the molecule is CCN1CCN(C(=O)CCCCBr)CC1C. The van der Waals surface area contributed by atoms with Crippen LogP contribution in [0.5, 0.6) is 0 Å². The third-order valence-corrected chi connectivity index (χ3v) is 3.86. The third-order valence-electron chi connectivity index (χ3n) is 3.30. The maximum absolute atomic E-state index is 11.9. The van der Waals surface area contributed by atoms with E-state index in [0.29, 0.717) is 18.4 Å². The van der Waals surface area contributed by atoms with Crippen LogP contribution >= 0.6 is 15.9 Å². The Kier molecular flexibility index (Phi) is 6.36. The van der Waals surface area contributed by atoms with Gasteiger partial charge in [-0.05, 0) is 26.3 Å². The molecule has 0 bridgehead atoms. The predicted octanol–water partition coefficient (Wildman–Crippen LogP) is 2.10. The monoisotopic (exact) mass is 290 g/mol. The van der Waals surface area contributed by atoms with Gasteiger partial charge in [0.05, 0.1) is 0 Å². The maximum Gasteiger partial charge on any atom is 0.222 e. The molecule has 0 N–H and O–H groups in total. The topological polar surface area (TPSA) is 23.6 Å². The molecule has 1 atom stereocenters. The molecule has 1 aliphatic rings. The Morgan fingerprint density at radius 1 is 1.38 bits per heavy atom. The molecule has 1 aliphatic heterocycles. The van der Waals surface area contributed by atoms with Gasteiger partial charge in [-0.2, -0.15) is 0 Å². The molecule has 1 rings (SSSR count). The van der Waals surface area contributed by atoms with Gasteiger partial charge in [0, 0.05) is 37.4 Å². The first-order chi connectivity index (χ1) is 7.69. The number of hydrogen-bond acceptors (Lipinski definition) is 2. The number of carbonyl (C=O) groups excluding carboxylic acids is 1. The first-order valence-corrected chi connectivity index (χ1v) is 7.39. The average molecular weight is 291 g/mol. The van der Waals surface area contributed by atoms with Crippen LogP contribution in [0.1, 0.15) is 33.1 Å². The van der Waals surface area contributed by atoms with Crippen molar-refractivity contribution in [1.29, 1.82) is 0 Å². The molecular formula is C12H23BrN2O. The van der Waals surface area contributed by atoms with Crippen molar-refractivity contribution in [2.75, 3.05) is 31.5 Å². The van der Waals surface area contributed by atoms with Gasteiger partial charge < -0.3 is 4.90 Å².